The first-order valence-electron chi connectivity index (χ1n) is 5.13. The molecule has 0 saturated heterocycles. The van der Waals surface area contributed by atoms with E-state index in [0.717, 1.165) is 30.6 Å². The molecule has 0 aromatic carbocycles. The second kappa shape index (κ2) is 4.75. The monoisotopic (exact) mass is 242 g/mol. The summed E-state index contributed by atoms with van der Waals surface area (Å²) in [5, 5.41) is 10.8. The van der Waals surface area contributed by atoms with Gasteiger partial charge in [0.15, 0.2) is 0 Å². The Bertz CT molecular complexity index is 381. The molecule has 2 rings (SSSR count). The number of amides is 1. The van der Waals surface area contributed by atoms with Gasteiger partial charge in [-0.1, -0.05) is 11.3 Å². The summed E-state index contributed by atoms with van der Waals surface area (Å²) in [5.74, 6) is -0.219. The normalized spacial score (nSPS) is 24.6. The van der Waals surface area contributed by atoms with Crippen molar-refractivity contribution in [2.75, 3.05) is 12.8 Å². The summed E-state index contributed by atoms with van der Waals surface area (Å²) in [6, 6.07) is 0.0719. The van der Waals surface area contributed by atoms with E-state index >= 15 is 0 Å². The summed E-state index contributed by atoms with van der Waals surface area (Å²) in [5.41, 5.74) is 5.42. The van der Waals surface area contributed by atoms with Crippen molar-refractivity contribution in [2.45, 2.75) is 31.4 Å². The summed E-state index contributed by atoms with van der Waals surface area (Å²) in [4.78, 5) is 11.8. The van der Waals surface area contributed by atoms with Gasteiger partial charge in [0, 0.05) is 7.11 Å². The Hall–Kier alpha value is -1.21. The number of aromatic nitrogens is 2. The maximum absolute atomic E-state index is 11.8. The molecule has 1 aliphatic carbocycles. The van der Waals surface area contributed by atoms with Gasteiger partial charge in [0.25, 0.3) is 5.91 Å². The van der Waals surface area contributed by atoms with Crippen LogP contribution in [0.4, 0.5) is 5.13 Å². The molecule has 1 aliphatic rings. The highest BCUT2D eigenvalue weighted by molar-refractivity contribution is 7.16. The molecule has 0 radical (unpaired) electrons. The van der Waals surface area contributed by atoms with Crippen LogP contribution in [0, 0.1) is 0 Å². The zero-order chi connectivity index (χ0) is 11.5. The number of ether oxygens (including phenoxy) is 1. The van der Waals surface area contributed by atoms with Crippen LogP contribution in [-0.4, -0.2) is 35.4 Å². The quantitative estimate of drug-likeness (QED) is 0.801. The first-order valence-corrected chi connectivity index (χ1v) is 5.95. The summed E-state index contributed by atoms with van der Waals surface area (Å²) in [7, 11) is 1.66. The molecule has 2 atom stereocenters. The van der Waals surface area contributed by atoms with Crippen LogP contribution in [0.3, 0.4) is 0 Å². The Morgan fingerprint density at radius 2 is 2.38 bits per heavy atom. The van der Waals surface area contributed by atoms with Gasteiger partial charge in [-0.15, -0.1) is 10.2 Å². The Balaban J connectivity index is 1.97. The number of nitrogens with two attached hydrogens (primary N) is 1. The minimum atomic E-state index is -0.219. The van der Waals surface area contributed by atoms with Crippen LogP contribution in [0.1, 0.15) is 29.1 Å². The van der Waals surface area contributed by atoms with Crippen molar-refractivity contribution in [3.8, 4) is 0 Å². The number of anilines is 1. The number of nitrogens with zero attached hydrogens (tertiary/aromatic N) is 2. The fourth-order valence-electron chi connectivity index (χ4n) is 1.93. The van der Waals surface area contributed by atoms with Crippen LogP contribution in [0.5, 0.6) is 0 Å². The molecule has 1 amide bonds. The highest BCUT2D eigenvalue weighted by Crippen LogP contribution is 2.22. The van der Waals surface area contributed by atoms with Gasteiger partial charge in [-0.05, 0) is 19.3 Å². The number of methoxy groups -OCH3 is 1. The van der Waals surface area contributed by atoms with Crippen LogP contribution in [-0.2, 0) is 4.74 Å². The average molecular weight is 242 g/mol. The molecule has 7 heteroatoms. The predicted octanol–water partition coefficient (Wildman–Crippen LogP) is 0.418. The van der Waals surface area contributed by atoms with E-state index in [-0.39, 0.29) is 18.1 Å². The lowest BCUT2D eigenvalue weighted by Crippen LogP contribution is -2.40. The lowest BCUT2D eigenvalue weighted by molar-refractivity contribution is 0.0721. The van der Waals surface area contributed by atoms with Crippen LogP contribution >= 0.6 is 11.3 Å². The van der Waals surface area contributed by atoms with E-state index in [9.17, 15) is 4.79 Å². The van der Waals surface area contributed by atoms with Gasteiger partial charge in [-0.2, -0.15) is 0 Å². The van der Waals surface area contributed by atoms with Gasteiger partial charge in [0.05, 0.1) is 12.1 Å². The van der Waals surface area contributed by atoms with Crippen LogP contribution in [0.2, 0.25) is 0 Å². The Kier molecular flexibility index (Phi) is 3.35. The van der Waals surface area contributed by atoms with Crippen LogP contribution < -0.4 is 11.1 Å². The summed E-state index contributed by atoms with van der Waals surface area (Å²) in [6.07, 6.45) is 3.11. The number of hydrogen-bond acceptors (Lipinski definition) is 6. The smallest absolute Gasteiger partial charge is 0.282 e. The molecule has 1 aromatic heterocycles. The van der Waals surface area contributed by atoms with Crippen molar-refractivity contribution in [1.82, 2.24) is 15.5 Å². The van der Waals surface area contributed by atoms with Crippen LogP contribution in [0.15, 0.2) is 0 Å². The fourth-order valence-corrected chi connectivity index (χ4v) is 2.44. The molecule has 88 valence electrons. The number of carbonyl (C=O) groups is 1. The lowest BCUT2D eigenvalue weighted by atomic mass is 10.2. The molecular formula is C9H14N4O2S. The second-order valence-electron chi connectivity index (χ2n) is 3.73. The molecule has 2 unspecified atom stereocenters. The highest BCUT2D eigenvalue weighted by atomic mass is 32.1. The summed E-state index contributed by atoms with van der Waals surface area (Å²) < 4.78 is 5.29. The van der Waals surface area contributed by atoms with Crippen LogP contribution in [0.25, 0.3) is 0 Å². The Morgan fingerprint density at radius 1 is 1.56 bits per heavy atom. The summed E-state index contributed by atoms with van der Waals surface area (Å²) >= 11 is 1.09. The first-order chi connectivity index (χ1) is 7.70. The number of carbonyl (C=O) groups excluding carboxylic acids is 1. The number of nitrogen functional groups attached to an aromatic ring is 1. The van der Waals surface area contributed by atoms with Crippen molar-refractivity contribution in [1.29, 1.82) is 0 Å². The minimum Gasteiger partial charge on any atom is -0.379 e. The number of rotatable bonds is 3. The largest absolute Gasteiger partial charge is 0.379 e. The molecule has 0 aliphatic heterocycles. The molecule has 1 fully saturated rings. The third kappa shape index (κ3) is 2.30. The molecule has 3 N–H and O–H groups in total. The Morgan fingerprint density at radius 3 is 3.00 bits per heavy atom. The van der Waals surface area contributed by atoms with E-state index < -0.39 is 0 Å². The standard InChI is InChI=1S/C9H14N4O2S/c1-15-6-4-2-3-5(6)11-7(14)8-12-13-9(10)16-8/h5-6H,2-4H2,1H3,(H2,10,13)(H,11,14). The molecule has 1 saturated carbocycles. The third-order valence-corrected chi connectivity index (χ3v) is 3.46. The van der Waals surface area contributed by atoms with Gasteiger partial charge in [0.1, 0.15) is 0 Å². The van der Waals surface area contributed by atoms with Gasteiger partial charge < -0.3 is 15.8 Å². The van der Waals surface area contributed by atoms with E-state index in [0.29, 0.717) is 10.1 Å². The van der Waals surface area contributed by atoms with Crippen molar-refractivity contribution in [3.63, 3.8) is 0 Å². The molecular weight excluding hydrogens is 228 g/mol. The van der Waals surface area contributed by atoms with Gasteiger partial charge in [-0.25, -0.2) is 0 Å². The molecule has 16 heavy (non-hydrogen) atoms. The van der Waals surface area contributed by atoms with E-state index in [1.807, 2.05) is 0 Å². The first kappa shape index (κ1) is 11.3. The van der Waals surface area contributed by atoms with Crippen molar-refractivity contribution >= 4 is 22.4 Å². The maximum atomic E-state index is 11.8. The van der Waals surface area contributed by atoms with E-state index in [1.165, 1.54) is 0 Å². The molecule has 1 aromatic rings. The van der Waals surface area contributed by atoms with Crippen molar-refractivity contribution in [2.24, 2.45) is 0 Å². The predicted molar refractivity (Wildman–Crippen MR) is 60.2 cm³/mol. The SMILES string of the molecule is COC1CCCC1NC(=O)c1nnc(N)s1. The zero-order valence-corrected chi connectivity index (χ0v) is 9.79. The van der Waals surface area contributed by atoms with E-state index in [2.05, 4.69) is 15.5 Å². The maximum Gasteiger partial charge on any atom is 0.282 e. The summed E-state index contributed by atoms with van der Waals surface area (Å²) in [6.45, 7) is 0. The van der Waals surface area contributed by atoms with E-state index in [1.54, 1.807) is 7.11 Å². The highest BCUT2D eigenvalue weighted by Gasteiger charge is 2.29. The minimum absolute atomic E-state index is 0.0719. The second-order valence-corrected chi connectivity index (χ2v) is 4.74. The topological polar surface area (TPSA) is 90.1 Å². The zero-order valence-electron chi connectivity index (χ0n) is 8.97. The molecule has 0 spiro atoms. The van der Waals surface area contributed by atoms with Gasteiger partial charge in [-0.3, -0.25) is 4.79 Å². The fraction of sp³-hybridized carbons (Fsp3) is 0.667. The average Bonchev–Trinajstić information content (AvgIpc) is 2.86. The van der Waals surface area contributed by atoms with Crippen molar-refractivity contribution < 1.29 is 9.53 Å². The van der Waals surface area contributed by atoms with Gasteiger partial charge in [0.2, 0.25) is 10.1 Å². The number of nitrogens with one attached hydrogen (secondary N) is 1. The molecule has 6 nitrogen and oxygen atoms in total. The van der Waals surface area contributed by atoms with Gasteiger partial charge >= 0.3 is 0 Å². The molecule has 1 heterocycles. The lowest BCUT2D eigenvalue weighted by Gasteiger charge is -2.18. The Labute approximate surface area is 97.2 Å². The van der Waals surface area contributed by atoms with E-state index in [4.69, 9.17) is 10.5 Å². The number of hydrogen-bond donors (Lipinski definition) is 2. The molecule has 0 bridgehead atoms. The third-order valence-electron chi connectivity index (χ3n) is 2.71. The van der Waals surface area contributed by atoms with Crippen molar-refractivity contribution in [3.05, 3.63) is 5.01 Å².